The van der Waals surface area contributed by atoms with Gasteiger partial charge < -0.3 is 9.84 Å². The number of piperidine rings is 1. The van der Waals surface area contributed by atoms with Gasteiger partial charge in [0.25, 0.3) is 10.2 Å². The minimum Gasteiger partial charge on any atom is -0.388 e. The molecule has 2 heterocycles. The van der Waals surface area contributed by atoms with Crippen molar-refractivity contribution in [1.29, 1.82) is 0 Å². The first kappa shape index (κ1) is 16.2. The summed E-state index contributed by atoms with van der Waals surface area (Å²) in [7, 11) is -1.90. The van der Waals surface area contributed by atoms with Crippen LogP contribution in [0.5, 0.6) is 0 Å². The molecule has 6 nitrogen and oxygen atoms in total. The summed E-state index contributed by atoms with van der Waals surface area (Å²) in [4.78, 5) is 0. The number of ether oxygens (including phenoxy) is 1. The van der Waals surface area contributed by atoms with Crippen molar-refractivity contribution in [3.05, 3.63) is 0 Å². The SMILES string of the molecule is CC1CCN(S(=O)(=O)N(C)CC2(O)CCOCC2)CC1. The van der Waals surface area contributed by atoms with Crippen LogP contribution in [0.15, 0.2) is 0 Å². The molecule has 0 radical (unpaired) electrons. The van der Waals surface area contributed by atoms with E-state index in [2.05, 4.69) is 6.92 Å². The number of rotatable bonds is 4. The van der Waals surface area contributed by atoms with Crippen LogP contribution in [0.4, 0.5) is 0 Å². The van der Waals surface area contributed by atoms with E-state index < -0.39 is 15.8 Å². The van der Waals surface area contributed by atoms with Crippen LogP contribution < -0.4 is 0 Å². The average molecular weight is 306 g/mol. The summed E-state index contributed by atoms with van der Waals surface area (Å²) in [5, 5.41) is 10.4. The summed E-state index contributed by atoms with van der Waals surface area (Å²) < 4.78 is 33.1. The van der Waals surface area contributed by atoms with Crippen molar-refractivity contribution in [3.63, 3.8) is 0 Å². The minimum absolute atomic E-state index is 0.144. The second-order valence-electron chi connectivity index (χ2n) is 6.18. The third-order valence-corrected chi connectivity index (χ3v) is 6.34. The van der Waals surface area contributed by atoms with Crippen molar-refractivity contribution in [2.45, 2.75) is 38.2 Å². The first-order valence-corrected chi connectivity index (χ1v) is 8.75. The molecule has 1 N–H and O–H groups in total. The van der Waals surface area contributed by atoms with Gasteiger partial charge in [-0.3, -0.25) is 0 Å². The molecule has 0 aromatic carbocycles. The lowest BCUT2D eigenvalue weighted by molar-refractivity contribution is -0.0694. The molecule has 2 fully saturated rings. The van der Waals surface area contributed by atoms with Gasteiger partial charge in [-0.2, -0.15) is 17.0 Å². The number of hydrogen-bond acceptors (Lipinski definition) is 4. The van der Waals surface area contributed by atoms with Crippen molar-refractivity contribution in [2.75, 3.05) is 39.9 Å². The molecule has 2 aliphatic heterocycles. The summed E-state index contributed by atoms with van der Waals surface area (Å²) in [5.41, 5.74) is -0.955. The normalized spacial score (nSPS) is 26.0. The van der Waals surface area contributed by atoms with Gasteiger partial charge in [0, 0.05) is 52.7 Å². The molecule has 0 aliphatic carbocycles. The molecule has 0 aromatic heterocycles. The van der Waals surface area contributed by atoms with E-state index in [0.717, 1.165) is 12.8 Å². The average Bonchev–Trinajstić information content (AvgIpc) is 2.39. The van der Waals surface area contributed by atoms with E-state index in [1.165, 1.54) is 8.61 Å². The van der Waals surface area contributed by atoms with Gasteiger partial charge in [0.15, 0.2) is 0 Å². The van der Waals surface area contributed by atoms with E-state index >= 15 is 0 Å². The van der Waals surface area contributed by atoms with Crippen LogP contribution in [0.2, 0.25) is 0 Å². The van der Waals surface area contributed by atoms with E-state index in [1.807, 2.05) is 0 Å². The predicted octanol–water partition coefficient (Wildman–Crippen LogP) is 0.436. The monoisotopic (exact) mass is 306 g/mol. The molecule has 118 valence electrons. The van der Waals surface area contributed by atoms with Gasteiger partial charge in [-0.05, 0) is 18.8 Å². The molecule has 20 heavy (non-hydrogen) atoms. The Balaban J connectivity index is 1.98. The molecule has 0 unspecified atom stereocenters. The Hall–Kier alpha value is -0.210. The van der Waals surface area contributed by atoms with Crippen LogP contribution in [0.3, 0.4) is 0 Å². The van der Waals surface area contributed by atoms with E-state index in [9.17, 15) is 13.5 Å². The van der Waals surface area contributed by atoms with Gasteiger partial charge in [-0.1, -0.05) is 6.92 Å². The zero-order chi connectivity index (χ0) is 14.8. The Bertz CT molecular complexity index is 412. The molecular formula is C13H26N2O4S. The van der Waals surface area contributed by atoms with Crippen LogP contribution >= 0.6 is 0 Å². The van der Waals surface area contributed by atoms with Crippen molar-refractivity contribution in [1.82, 2.24) is 8.61 Å². The molecule has 0 atom stereocenters. The number of hydrogen-bond donors (Lipinski definition) is 1. The quantitative estimate of drug-likeness (QED) is 0.818. The molecule has 0 aromatic rings. The highest BCUT2D eigenvalue weighted by Gasteiger charge is 2.37. The highest BCUT2D eigenvalue weighted by Crippen LogP contribution is 2.25. The maximum absolute atomic E-state index is 12.5. The van der Waals surface area contributed by atoms with Crippen LogP contribution in [0.1, 0.15) is 32.6 Å². The molecule has 7 heteroatoms. The fourth-order valence-electron chi connectivity index (χ4n) is 2.82. The van der Waals surface area contributed by atoms with Gasteiger partial charge in [0.1, 0.15) is 0 Å². The van der Waals surface area contributed by atoms with Crippen molar-refractivity contribution in [3.8, 4) is 0 Å². The fraction of sp³-hybridized carbons (Fsp3) is 1.00. The predicted molar refractivity (Wildman–Crippen MR) is 76.5 cm³/mol. The lowest BCUT2D eigenvalue weighted by Crippen LogP contribution is -2.52. The van der Waals surface area contributed by atoms with Crippen molar-refractivity contribution < 1.29 is 18.3 Å². The molecule has 0 saturated carbocycles. The first-order chi connectivity index (χ1) is 9.33. The first-order valence-electron chi connectivity index (χ1n) is 7.35. The van der Waals surface area contributed by atoms with Crippen LogP contribution in [0, 0.1) is 5.92 Å². The second-order valence-corrected chi connectivity index (χ2v) is 8.22. The van der Waals surface area contributed by atoms with Gasteiger partial charge in [0.2, 0.25) is 0 Å². The molecule has 2 rings (SSSR count). The second kappa shape index (κ2) is 6.27. The maximum atomic E-state index is 12.5. The topological polar surface area (TPSA) is 70.1 Å². The van der Waals surface area contributed by atoms with Crippen molar-refractivity contribution >= 4 is 10.2 Å². The smallest absolute Gasteiger partial charge is 0.281 e. The Morgan fingerprint density at radius 1 is 1.30 bits per heavy atom. The van der Waals surface area contributed by atoms with E-state index in [-0.39, 0.29) is 6.54 Å². The Kier molecular flexibility index (Phi) is 5.07. The van der Waals surface area contributed by atoms with Crippen LogP contribution in [-0.2, 0) is 14.9 Å². The highest BCUT2D eigenvalue weighted by molar-refractivity contribution is 7.86. The summed E-state index contributed by atoms with van der Waals surface area (Å²) in [5.74, 6) is 0.589. The van der Waals surface area contributed by atoms with Crippen molar-refractivity contribution in [2.24, 2.45) is 5.92 Å². The zero-order valence-electron chi connectivity index (χ0n) is 12.4. The summed E-state index contributed by atoms with van der Waals surface area (Å²) in [6.07, 6.45) is 2.80. The molecule has 0 spiro atoms. The van der Waals surface area contributed by atoms with E-state index in [4.69, 9.17) is 4.74 Å². The highest BCUT2D eigenvalue weighted by atomic mass is 32.2. The molecule has 0 bridgehead atoms. The fourth-order valence-corrected chi connectivity index (χ4v) is 4.29. The van der Waals surface area contributed by atoms with E-state index in [0.29, 0.717) is 45.1 Å². The minimum atomic E-state index is -3.46. The number of aliphatic hydroxyl groups is 1. The van der Waals surface area contributed by atoms with Crippen LogP contribution in [0.25, 0.3) is 0 Å². The summed E-state index contributed by atoms with van der Waals surface area (Å²) >= 11 is 0. The molecule has 2 saturated heterocycles. The molecule has 0 amide bonds. The van der Waals surface area contributed by atoms with E-state index in [1.54, 1.807) is 7.05 Å². The Morgan fingerprint density at radius 2 is 1.85 bits per heavy atom. The largest absolute Gasteiger partial charge is 0.388 e. The van der Waals surface area contributed by atoms with Gasteiger partial charge in [0.05, 0.1) is 5.60 Å². The zero-order valence-corrected chi connectivity index (χ0v) is 13.2. The third-order valence-electron chi connectivity index (χ3n) is 4.40. The van der Waals surface area contributed by atoms with Gasteiger partial charge >= 0.3 is 0 Å². The third kappa shape index (κ3) is 3.71. The number of likely N-dealkylation sites (N-methyl/N-ethyl adjacent to an activating group) is 1. The Morgan fingerprint density at radius 3 is 2.40 bits per heavy atom. The summed E-state index contributed by atoms with van der Waals surface area (Å²) in [6, 6.07) is 0. The van der Waals surface area contributed by atoms with Gasteiger partial charge in [-0.15, -0.1) is 0 Å². The lowest BCUT2D eigenvalue weighted by atomic mass is 9.95. The number of nitrogens with zero attached hydrogens (tertiary/aromatic N) is 2. The summed E-state index contributed by atoms with van der Waals surface area (Å²) in [6.45, 7) is 4.44. The van der Waals surface area contributed by atoms with Crippen LogP contribution in [-0.4, -0.2) is 67.6 Å². The lowest BCUT2D eigenvalue weighted by Gasteiger charge is -2.38. The standard InChI is InChI=1S/C13H26N2O4S/c1-12-3-7-15(8-4-12)20(17,18)14(2)11-13(16)5-9-19-10-6-13/h12,16H,3-11H2,1-2H3. The Labute approximate surface area is 121 Å². The van der Waals surface area contributed by atoms with Gasteiger partial charge in [-0.25, -0.2) is 0 Å². The molecule has 2 aliphatic rings. The molecular weight excluding hydrogens is 280 g/mol. The maximum Gasteiger partial charge on any atom is 0.281 e.